The Kier molecular flexibility index (Phi) is 4.48. The average Bonchev–Trinajstić information content (AvgIpc) is 3.39. The van der Waals surface area contributed by atoms with E-state index in [-0.39, 0.29) is 22.9 Å². The summed E-state index contributed by atoms with van der Waals surface area (Å²) in [6.07, 6.45) is 0. The number of nitrogens with one attached hydrogen (secondary N) is 2. The molecule has 0 aliphatic heterocycles. The fourth-order valence-corrected chi connectivity index (χ4v) is 3.47. The second kappa shape index (κ2) is 7.47. The Morgan fingerprint density at radius 2 is 1.84 bits per heavy atom. The maximum absolute atomic E-state index is 12.7. The van der Waals surface area contributed by atoms with E-state index >= 15 is 0 Å². The van der Waals surface area contributed by atoms with Gasteiger partial charge in [0.25, 0.3) is 5.56 Å². The summed E-state index contributed by atoms with van der Waals surface area (Å²) in [5.41, 5.74) is 1.93. The van der Waals surface area contributed by atoms with E-state index in [1.54, 1.807) is 22.7 Å². The molecule has 5 rings (SSSR count). The number of halogens is 1. The van der Waals surface area contributed by atoms with Crippen LogP contribution in [0.2, 0.25) is 5.02 Å². The van der Waals surface area contributed by atoms with Gasteiger partial charge in [-0.05, 0) is 18.2 Å². The molecule has 32 heavy (non-hydrogen) atoms. The molecule has 0 fully saturated rings. The minimum atomic E-state index is -0.359. The number of H-pyrrole nitrogens is 2. The van der Waals surface area contributed by atoms with Crippen LogP contribution in [0.15, 0.2) is 63.6 Å². The topological polar surface area (TPSA) is 151 Å². The fraction of sp³-hybridized carbons (Fsp3) is 0. The van der Waals surface area contributed by atoms with E-state index in [0.717, 1.165) is 5.56 Å². The van der Waals surface area contributed by atoms with Crippen LogP contribution in [0.5, 0.6) is 0 Å². The molecule has 0 saturated heterocycles. The zero-order valence-corrected chi connectivity index (χ0v) is 16.8. The third kappa shape index (κ3) is 3.08. The third-order valence-electron chi connectivity index (χ3n) is 4.72. The summed E-state index contributed by atoms with van der Waals surface area (Å²) in [5, 5.41) is 31.9. The lowest BCUT2D eigenvalue weighted by Gasteiger charge is -2.01. The molecule has 10 nitrogen and oxygen atoms in total. The smallest absolute Gasteiger partial charge is 0.259 e. The Morgan fingerprint density at radius 3 is 2.56 bits per heavy atom. The van der Waals surface area contributed by atoms with Crippen LogP contribution in [-0.4, -0.2) is 24.6 Å². The zero-order chi connectivity index (χ0) is 22.2. The Bertz CT molecular complexity index is 1650. The average molecular weight is 440 g/mol. The summed E-state index contributed by atoms with van der Waals surface area (Å²) in [6, 6.07) is 17.9. The number of rotatable bonds is 3. The first kappa shape index (κ1) is 19.2. The Balaban J connectivity index is 1.78. The molecule has 3 heterocycles. The Hall–Kier alpha value is -4.80. The molecule has 0 bridgehead atoms. The maximum Gasteiger partial charge on any atom is 0.259 e. The van der Waals surface area contributed by atoms with Crippen LogP contribution in [0.25, 0.3) is 27.8 Å². The Labute approximate surface area is 184 Å². The predicted molar refractivity (Wildman–Crippen MR) is 116 cm³/mol. The Morgan fingerprint density at radius 1 is 1.03 bits per heavy atom. The monoisotopic (exact) mass is 439 g/mol. The van der Waals surface area contributed by atoms with Gasteiger partial charge in [-0.1, -0.05) is 41.9 Å². The molecule has 0 unspecified atom stereocenters. The number of benzene rings is 2. The minimum absolute atomic E-state index is 0.0131. The first-order valence-corrected chi connectivity index (χ1v) is 9.58. The zero-order valence-electron chi connectivity index (χ0n) is 16.0. The SMILES string of the molecule is N#Cc1nc(N=Nc2c(-c3ccccc3)nn3c2[nH]c(=O)c2cc(Cl)ccc23)[nH]c1C#N. The normalized spacial score (nSPS) is 11.2. The van der Waals surface area contributed by atoms with Crippen molar-refractivity contribution in [2.45, 2.75) is 0 Å². The third-order valence-corrected chi connectivity index (χ3v) is 4.96. The summed E-state index contributed by atoms with van der Waals surface area (Å²) in [4.78, 5) is 22.1. The summed E-state index contributed by atoms with van der Waals surface area (Å²) in [5.74, 6) is -0.0219. The highest BCUT2D eigenvalue weighted by atomic mass is 35.5. The van der Waals surface area contributed by atoms with Gasteiger partial charge in [-0.2, -0.15) is 20.6 Å². The van der Waals surface area contributed by atoms with Crippen molar-refractivity contribution in [3.63, 3.8) is 0 Å². The van der Waals surface area contributed by atoms with E-state index in [1.165, 1.54) is 0 Å². The van der Waals surface area contributed by atoms with Crippen molar-refractivity contribution in [2.24, 2.45) is 10.2 Å². The fourth-order valence-electron chi connectivity index (χ4n) is 3.30. The predicted octanol–water partition coefficient (Wildman–Crippen LogP) is 4.38. The molecular formula is C21H10ClN9O. The van der Waals surface area contributed by atoms with Crippen LogP contribution in [0.4, 0.5) is 11.6 Å². The van der Waals surface area contributed by atoms with Crippen molar-refractivity contribution in [1.82, 2.24) is 24.6 Å². The molecule has 2 aromatic carbocycles. The van der Waals surface area contributed by atoms with E-state index in [9.17, 15) is 4.79 Å². The summed E-state index contributed by atoms with van der Waals surface area (Å²) in [6.45, 7) is 0. The van der Waals surface area contributed by atoms with Gasteiger partial charge in [0.1, 0.15) is 17.8 Å². The molecule has 0 atom stereocenters. The largest absolute Gasteiger partial charge is 0.312 e. The van der Waals surface area contributed by atoms with Gasteiger partial charge in [0.15, 0.2) is 22.7 Å². The van der Waals surface area contributed by atoms with Gasteiger partial charge >= 0.3 is 0 Å². The first-order valence-electron chi connectivity index (χ1n) is 9.20. The molecule has 2 N–H and O–H groups in total. The van der Waals surface area contributed by atoms with E-state index in [2.05, 4.69) is 30.3 Å². The van der Waals surface area contributed by atoms with Gasteiger partial charge in [-0.3, -0.25) is 4.79 Å². The van der Waals surface area contributed by atoms with E-state index in [1.807, 2.05) is 42.5 Å². The van der Waals surface area contributed by atoms with Gasteiger partial charge in [0.05, 0.1) is 10.9 Å². The lowest BCUT2D eigenvalue weighted by atomic mass is 10.1. The second-order valence-electron chi connectivity index (χ2n) is 6.65. The molecule has 0 saturated carbocycles. The number of azo groups is 1. The number of fused-ring (bicyclic) bond motifs is 3. The molecule has 0 aliphatic carbocycles. The second-order valence-corrected chi connectivity index (χ2v) is 7.08. The molecule has 0 aliphatic rings. The molecule has 3 aromatic heterocycles. The number of imidazole rings is 1. The number of nitrogens with zero attached hydrogens (tertiary/aromatic N) is 7. The van der Waals surface area contributed by atoms with Gasteiger partial charge in [0, 0.05) is 10.6 Å². The van der Waals surface area contributed by atoms with Gasteiger partial charge in [0.2, 0.25) is 5.95 Å². The molecule has 5 aromatic rings. The van der Waals surface area contributed by atoms with Crippen LogP contribution in [-0.2, 0) is 0 Å². The highest BCUT2D eigenvalue weighted by Gasteiger charge is 2.19. The van der Waals surface area contributed by atoms with E-state index < -0.39 is 0 Å². The summed E-state index contributed by atoms with van der Waals surface area (Å²) in [7, 11) is 0. The molecule has 11 heteroatoms. The molecule has 0 amide bonds. The van der Waals surface area contributed by atoms with Crippen molar-refractivity contribution in [2.75, 3.05) is 0 Å². The number of aromatic nitrogens is 5. The molecule has 0 radical (unpaired) electrons. The van der Waals surface area contributed by atoms with Crippen LogP contribution >= 0.6 is 11.6 Å². The molecule has 152 valence electrons. The lowest BCUT2D eigenvalue weighted by molar-refractivity contribution is 0.981. The number of aromatic amines is 2. The van der Waals surface area contributed by atoms with Crippen molar-refractivity contribution in [3.05, 3.63) is 75.3 Å². The molecule has 0 spiro atoms. The quantitative estimate of drug-likeness (QED) is 0.399. The maximum atomic E-state index is 12.7. The minimum Gasteiger partial charge on any atom is -0.312 e. The van der Waals surface area contributed by atoms with Crippen molar-refractivity contribution in [1.29, 1.82) is 10.5 Å². The van der Waals surface area contributed by atoms with Crippen molar-refractivity contribution < 1.29 is 0 Å². The van der Waals surface area contributed by atoms with Crippen LogP contribution in [0.3, 0.4) is 0 Å². The van der Waals surface area contributed by atoms with Gasteiger partial charge in [-0.25, -0.2) is 4.52 Å². The van der Waals surface area contributed by atoms with Gasteiger partial charge in [-0.15, -0.1) is 10.2 Å². The van der Waals surface area contributed by atoms with Crippen molar-refractivity contribution >= 4 is 39.8 Å². The molecular weight excluding hydrogens is 430 g/mol. The van der Waals surface area contributed by atoms with E-state index in [0.29, 0.717) is 33.0 Å². The van der Waals surface area contributed by atoms with Crippen LogP contribution in [0.1, 0.15) is 11.4 Å². The summed E-state index contributed by atoms with van der Waals surface area (Å²) < 4.78 is 1.56. The van der Waals surface area contributed by atoms with Crippen LogP contribution < -0.4 is 5.56 Å². The van der Waals surface area contributed by atoms with E-state index in [4.69, 9.17) is 22.1 Å². The summed E-state index contributed by atoms with van der Waals surface area (Å²) >= 11 is 6.06. The standard InChI is InChI=1S/C21H10ClN9O/c22-12-6-7-16-13(8-12)20(32)27-19-18(17(30-31(16)19)11-4-2-1-3-5-11)28-29-21-25-14(9-23)15(10-24)26-21/h1-8H,(H,25,26)(H,27,32). The number of nitriles is 2. The highest BCUT2D eigenvalue weighted by molar-refractivity contribution is 6.31. The van der Waals surface area contributed by atoms with Crippen molar-refractivity contribution in [3.8, 4) is 23.4 Å². The highest BCUT2D eigenvalue weighted by Crippen LogP contribution is 2.34. The lowest BCUT2D eigenvalue weighted by Crippen LogP contribution is -2.09. The van der Waals surface area contributed by atoms with Crippen LogP contribution in [0, 0.1) is 22.7 Å². The number of hydrogen-bond donors (Lipinski definition) is 2. The van der Waals surface area contributed by atoms with Gasteiger partial charge < -0.3 is 9.97 Å². The number of hydrogen-bond acceptors (Lipinski definition) is 7. The first-order chi connectivity index (χ1) is 15.6.